The summed E-state index contributed by atoms with van der Waals surface area (Å²) in [5.74, 6) is 0. The zero-order valence-corrected chi connectivity index (χ0v) is 15.3. The number of rotatable bonds is 4. The molecule has 0 amide bonds. The van der Waals surface area contributed by atoms with Gasteiger partial charge in [0.15, 0.2) is 0 Å². The van der Waals surface area contributed by atoms with E-state index in [-0.39, 0.29) is 23.7 Å². The van der Waals surface area contributed by atoms with Crippen LogP contribution in [0.15, 0.2) is 53.4 Å². The van der Waals surface area contributed by atoms with Gasteiger partial charge in [-0.1, -0.05) is 0 Å². The van der Waals surface area contributed by atoms with Crippen molar-refractivity contribution in [1.82, 2.24) is 4.31 Å². The van der Waals surface area contributed by atoms with E-state index in [0.717, 1.165) is 30.0 Å². The summed E-state index contributed by atoms with van der Waals surface area (Å²) in [6, 6.07) is 9.36. The molecule has 0 unspecified atom stereocenters. The first kappa shape index (κ1) is 20.1. The Labute approximate surface area is 159 Å². The van der Waals surface area contributed by atoms with Crippen LogP contribution in [0.1, 0.15) is 5.56 Å². The van der Waals surface area contributed by atoms with Gasteiger partial charge in [-0.2, -0.15) is 17.5 Å². The summed E-state index contributed by atoms with van der Waals surface area (Å²) in [6.07, 6.45) is -4.53. The topological polar surface area (TPSA) is 83.8 Å². The van der Waals surface area contributed by atoms with Crippen LogP contribution in [-0.2, 0) is 16.2 Å². The van der Waals surface area contributed by atoms with Crippen molar-refractivity contribution < 1.29 is 26.5 Å². The molecule has 150 valence electrons. The summed E-state index contributed by atoms with van der Waals surface area (Å²) >= 11 is 0. The van der Waals surface area contributed by atoms with Crippen LogP contribution in [-0.4, -0.2) is 43.8 Å². The van der Waals surface area contributed by atoms with Crippen molar-refractivity contribution in [2.24, 2.45) is 0 Å². The molecular weight excluding hydrogens is 399 g/mol. The monoisotopic (exact) mass is 415 g/mol. The molecule has 1 saturated heterocycles. The van der Waals surface area contributed by atoms with Gasteiger partial charge in [0.05, 0.1) is 15.4 Å². The highest BCUT2D eigenvalue weighted by Crippen LogP contribution is 2.30. The van der Waals surface area contributed by atoms with Crippen LogP contribution >= 0.6 is 0 Å². The van der Waals surface area contributed by atoms with Crippen LogP contribution in [0.5, 0.6) is 0 Å². The average Bonchev–Trinajstić information content (AvgIpc) is 2.67. The van der Waals surface area contributed by atoms with Gasteiger partial charge < -0.3 is 4.90 Å². The minimum absolute atomic E-state index is 0.0349. The highest BCUT2D eigenvalue weighted by atomic mass is 32.2. The molecule has 1 aliphatic heterocycles. The predicted octanol–water partition coefficient (Wildman–Crippen LogP) is 3.12. The van der Waals surface area contributed by atoms with Crippen molar-refractivity contribution in [3.63, 3.8) is 0 Å². The number of sulfonamides is 1. The summed E-state index contributed by atoms with van der Waals surface area (Å²) in [6.45, 7) is 1.02. The quantitative estimate of drug-likeness (QED) is 0.566. The van der Waals surface area contributed by atoms with Crippen LogP contribution in [0.2, 0.25) is 0 Å². The third kappa shape index (κ3) is 4.09. The molecule has 1 aliphatic rings. The van der Waals surface area contributed by atoms with E-state index in [0.29, 0.717) is 13.1 Å². The molecule has 1 heterocycles. The maximum Gasteiger partial charge on any atom is 0.416 e. The summed E-state index contributed by atoms with van der Waals surface area (Å²) in [4.78, 5) is 11.9. The molecule has 3 rings (SSSR count). The third-order valence-corrected chi connectivity index (χ3v) is 6.40. The Morgan fingerprint density at radius 3 is 1.89 bits per heavy atom. The van der Waals surface area contributed by atoms with Crippen molar-refractivity contribution in [2.45, 2.75) is 11.1 Å². The first-order valence-corrected chi connectivity index (χ1v) is 9.70. The molecule has 0 spiro atoms. The third-order valence-electron chi connectivity index (χ3n) is 4.48. The van der Waals surface area contributed by atoms with Crippen molar-refractivity contribution in [3.05, 3.63) is 64.2 Å². The smallest absolute Gasteiger partial charge is 0.369 e. The average molecular weight is 415 g/mol. The largest absolute Gasteiger partial charge is 0.416 e. The number of nitrogens with zero attached hydrogens (tertiary/aromatic N) is 3. The van der Waals surface area contributed by atoms with Crippen LogP contribution in [0.4, 0.5) is 24.5 Å². The van der Waals surface area contributed by atoms with Gasteiger partial charge in [0.1, 0.15) is 0 Å². The lowest BCUT2D eigenvalue weighted by atomic mass is 10.2. The lowest BCUT2D eigenvalue weighted by Crippen LogP contribution is -2.48. The molecule has 0 N–H and O–H groups in total. The lowest BCUT2D eigenvalue weighted by molar-refractivity contribution is -0.384. The second-order valence-electron chi connectivity index (χ2n) is 6.19. The van der Waals surface area contributed by atoms with Gasteiger partial charge in [-0.25, -0.2) is 8.42 Å². The van der Waals surface area contributed by atoms with E-state index in [9.17, 15) is 31.7 Å². The molecule has 1 fully saturated rings. The van der Waals surface area contributed by atoms with Crippen LogP contribution in [0.25, 0.3) is 0 Å². The molecule has 2 aromatic rings. The fourth-order valence-corrected chi connectivity index (χ4v) is 4.36. The second kappa shape index (κ2) is 7.40. The molecule has 0 radical (unpaired) electrons. The van der Waals surface area contributed by atoms with Gasteiger partial charge >= 0.3 is 6.18 Å². The summed E-state index contributed by atoms with van der Waals surface area (Å²) in [7, 11) is -3.90. The number of nitro groups is 1. The zero-order valence-electron chi connectivity index (χ0n) is 14.5. The van der Waals surface area contributed by atoms with E-state index in [1.807, 2.05) is 4.90 Å². The minimum atomic E-state index is -4.53. The Morgan fingerprint density at radius 1 is 0.893 bits per heavy atom. The number of alkyl halides is 3. The molecular formula is C17H16F3N3O4S. The molecule has 2 aromatic carbocycles. The Morgan fingerprint density at radius 2 is 1.43 bits per heavy atom. The van der Waals surface area contributed by atoms with Gasteiger partial charge in [-0.3, -0.25) is 10.1 Å². The maximum atomic E-state index is 12.7. The number of hydrogen-bond donors (Lipinski definition) is 0. The summed E-state index contributed by atoms with van der Waals surface area (Å²) < 4.78 is 64.5. The first-order valence-electron chi connectivity index (χ1n) is 8.26. The van der Waals surface area contributed by atoms with Gasteiger partial charge in [-0.05, 0) is 36.4 Å². The van der Waals surface area contributed by atoms with E-state index in [1.54, 1.807) is 12.1 Å². The highest BCUT2D eigenvalue weighted by Gasteiger charge is 2.32. The predicted molar refractivity (Wildman–Crippen MR) is 95.5 cm³/mol. The second-order valence-corrected chi connectivity index (χ2v) is 8.12. The number of benzene rings is 2. The fraction of sp³-hybridized carbons (Fsp3) is 0.294. The van der Waals surface area contributed by atoms with E-state index in [4.69, 9.17) is 0 Å². The molecule has 0 bridgehead atoms. The van der Waals surface area contributed by atoms with Crippen molar-refractivity contribution in [1.29, 1.82) is 0 Å². The maximum absolute atomic E-state index is 12.7. The molecule has 11 heteroatoms. The Bertz CT molecular complexity index is 953. The van der Waals surface area contributed by atoms with E-state index in [2.05, 4.69) is 0 Å². The number of nitro benzene ring substituents is 1. The molecule has 28 heavy (non-hydrogen) atoms. The minimum Gasteiger partial charge on any atom is -0.369 e. The highest BCUT2D eigenvalue weighted by molar-refractivity contribution is 7.89. The van der Waals surface area contributed by atoms with Gasteiger partial charge in [-0.15, -0.1) is 0 Å². The van der Waals surface area contributed by atoms with Gasteiger partial charge in [0.2, 0.25) is 10.0 Å². The fourth-order valence-electron chi connectivity index (χ4n) is 2.94. The number of hydrogen-bond acceptors (Lipinski definition) is 5. The summed E-state index contributed by atoms with van der Waals surface area (Å²) in [5.41, 5.74) is -0.209. The van der Waals surface area contributed by atoms with Crippen molar-refractivity contribution in [2.75, 3.05) is 31.1 Å². The Hall–Kier alpha value is -2.66. The van der Waals surface area contributed by atoms with Crippen molar-refractivity contribution in [3.8, 4) is 0 Å². The van der Waals surface area contributed by atoms with E-state index < -0.39 is 26.7 Å². The molecule has 0 aromatic heterocycles. The Balaban J connectivity index is 1.69. The number of piperazine rings is 1. The van der Waals surface area contributed by atoms with Crippen LogP contribution in [0.3, 0.4) is 0 Å². The van der Waals surface area contributed by atoms with Gasteiger partial charge in [0, 0.05) is 44.0 Å². The standard InChI is InChI=1S/C17H16F3N3O4S/c18-17(19,20)13-1-7-16(8-2-13)28(26,27)22-11-9-21(10-12-22)14-3-5-15(6-4-14)23(24)25/h1-8H,9-12H2. The van der Waals surface area contributed by atoms with E-state index in [1.165, 1.54) is 16.4 Å². The molecule has 0 atom stereocenters. The number of anilines is 1. The molecule has 0 saturated carbocycles. The van der Waals surface area contributed by atoms with E-state index >= 15 is 0 Å². The van der Waals surface area contributed by atoms with Gasteiger partial charge in [0.25, 0.3) is 5.69 Å². The SMILES string of the molecule is O=[N+]([O-])c1ccc(N2CCN(S(=O)(=O)c3ccc(C(F)(F)F)cc3)CC2)cc1. The normalized spacial score (nSPS) is 16.2. The zero-order chi connectivity index (χ0) is 20.5. The van der Waals surface area contributed by atoms with Crippen LogP contribution < -0.4 is 4.90 Å². The number of halogens is 3. The molecule has 7 nitrogen and oxygen atoms in total. The van der Waals surface area contributed by atoms with Crippen LogP contribution in [0, 0.1) is 10.1 Å². The summed E-state index contributed by atoms with van der Waals surface area (Å²) in [5, 5.41) is 10.7. The van der Waals surface area contributed by atoms with Crippen molar-refractivity contribution >= 4 is 21.4 Å². The number of non-ortho nitro benzene ring substituents is 1. The Kier molecular flexibility index (Phi) is 5.31. The molecule has 0 aliphatic carbocycles. The first-order chi connectivity index (χ1) is 13.1. The lowest BCUT2D eigenvalue weighted by Gasteiger charge is -2.35.